The molecule has 0 unspecified atom stereocenters. The summed E-state index contributed by atoms with van der Waals surface area (Å²) in [6.07, 6.45) is 3.60. The quantitative estimate of drug-likeness (QED) is 0.722. The number of aromatic nitrogens is 4. The normalized spacial score (nSPS) is 11.1. The molecule has 0 atom stereocenters. The second-order valence-electron chi connectivity index (χ2n) is 4.66. The Morgan fingerprint density at radius 2 is 1.95 bits per heavy atom. The topological polar surface area (TPSA) is 69.6 Å². The van der Waals surface area contributed by atoms with Crippen molar-refractivity contribution >= 4 is 16.9 Å². The van der Waals surface area contributed by atoms with Gasteiger partial charge in [0.05, 0.1) is 11.4 Å². The monoisotopic (exact) mass is 253 g/mol. The Hall–Kier alpha value is -2.43. The number of fused-ring (bicyclic) bond motifs is 1. The van der Waals surface area contributed by atoms with Gasteiger partial charge in [-0.05, 0) is 38.5 Å². The van der Waals surface area contributed by atoms with Crippen LogP contribution in [0.2, 0.25) is 0 Å². The van der Waals surface area contributed by atoms with Gasteiger partial charge in [0.2, 0.25) is 0 Å². The first-order valence-corrected chi connectivity index (χ1v) is 6.11. The minimum Gasteiger partial charge on any atom is -0.385 e. The van der Waals surface area contributed by atoms with Gasteiger partial charge >= 0.3 is 0 Å². The van der Waals surface area contributed by atoms with Crippen molar-refractivity contribution in [1.82, 2.24) is 19.5 Å². The molecular formula is C14H15N5. The number of nitrogen functional groups attached to an aromatic ring is 1. The van der Waals surface area contributed by atoms with E-state index in [4.69, 9.17) is 5.73 Å². The third-order valence-electron chi connectivity index (χ3n) is 3.22. The van der Waals surface area contributed by atoms with E-state index in [0.29, 0.717) is 5.82 Å². The van der Waals surface area contributed by atoms with Crippen LogP contribution in [0, 0.1) is 20.8 Å². The summed E-state index contributed by atoms with van der Waals surface area (Å²) in [5.41, 5.74) is 10.0. The van der Waals surface area contributed by atoms with Gasteiger partial charge in [-0.15, -0.1) is 0 Å². The highest BCUT2D eigenvalue weighted by Crippen LogP contribution is 2.27. The number of hydrogen-bond acceptors (Lipinski definition) is 4. The third-order valence-corrected chi connectivity index (χ3v) is 3.22. The molecule has 0 aliphatic heterocycles. The van der Waals surface area contributed by atoms with E-state index in [1.807, 2.05) is 37.5 Å². The van der Waals surface area contributed by atoms with E-state index in [0.717, 1.165) is 33.8 Å². The molecule has 0 aliphatic carbocycles. The highest BCUT2D eigenvalue weighted by atomic mass is 15.1. The zero-order chi connectivity index (χ0) is 13.6. The van der Waals surface area contributed by atoms with Crippen LogP contribution in [0.5, 0.6) is 0 Å². The average Bonchev–Trinajstić information content (AvgIpc) is 2.66. The molecule has 5 nitrogen and oxygen atoms in total. The molecule has 0 aromatic carbocycles. The minimum absolute atomic E-state index is 0.647. The summed E-state index contributed by atoms with van der Waals surface area (Å²) in [5, 5.41) is 0.936. The lowest BCUT2D eigenvalue weighted by molar-refractivity contribution is 0.998. The Bertz CT molecular complexity index is 753. The SMILES string of the molecule is Cc1ncc2cc(N)n(-c3c(C)ccnc3C)c2n1. The first kappa shape index (κ1) is 11.6. The first-order chi connectivity index (χ1) is 9.08. The van der Waals surface area contributed by atoms with Crippen molar-refractivity contribution in [3.63, 3.8) is 0 Å². The molecule has 3 aromatic rings. The fraction of sp³-hybridized carbons (Fsp3) is 0.214. The van der Waals surface area contributed by atoms with Crippen molar-refractivity contribution in [1.29, 1.82) is 0 Å². The molecule has 0 radical (unpaired) electrons. The molecule has 0 fully saturated rings. The van der Waals surface area contributed by atoms with E-state index in [1.165, 1.54) is 0 Å². The molecule has 0 spiro atoms. The van der Waals surface area contributed by atoms with Crippen LogP contribution in [0.3, 0.4) is 0 Å². The summed E-state index contributed by atoms with van der Waals surface area (Å²) in [5.74, 6) is 1.38. The van der Waals surface area contributed by atoms with Crippen molar-refractivity contribution in [2.45, 2.75) is 20.8 Å². The molecule has 96 valence electrons. The smallest absolute Gasteiger partial charge is 0.149 e. The fourth-order valence-electron chi connectivity index (χ4n) is 2.35. The van der Waals surface area contributed by atoms with Gasteiger partial charge in [0.1, 0.15) is 17.3 Å². The number of nitrogens with two attached hydrogens (primary N) is 1. The summed E-state index contributed by atoms with van der Waals surface area (Å²) in [7, 11) is 0. The van der Waals surface area contributed by atoms with E-state index >= 15 is 0 Å². The summed E-state index contributed by atoms with van der Waals surface area (Å²) in [6, 6.07) is 3.86. The number of hydrogen-bond donors (Lipinski definition) is 1. The van der Waals surface area contributed by atoms with E-state index in [-0.39, 0.29) is 0 Å². The Balaban J connectivity index is 2.42. The predicted octanol–water partition coefficient (Wildman–Crippen LogP) is 2.32. The zero-order valence-electron chi connectivity index (χ0n) is 11.2. The largest absolute Gasteiger partial charge is 0.385 e. The van der Waals surface area contributed by atoms with Crippen molar-refractivity contribution < 1.29 is 0 Å². The van der Waals surface area contributed by atoms with Gasteiger partial charge in [0.25, 0.3) is 0 Å². The molecule has 5 heteroatoms. The minimum atomic E-state index is 0.647. The molecule has 0 amide bonds. The van der Waals surface area contributed by atoms with Gasteiger partial charge < -0.3 is 5.73 Å². The summed E-state index contributed by atoms with van der Waals surface area (Å²) < 4.78 is 1.95. The van der Waals surface area contributed by atoms with E-state index < -0.39 is 0 Å². The molecule has 0 saturated heterocycles. The molecule has 3 aromatic heterocycles. The summed E-state index contributed by atoms with van der Waals surface area (Å²) in [4.78, 5) is 13.1. The van der Waals surface area contributed by atoms with Crippen LogP contribution in [0.25, 0.3) is 16.7 Å². The molecule has 0 aliphatic rings. The lowest BCUT2D eigenvalue weighted by Gasteiger charge is -2.12. The second kappa shape index (κ2) is 4.05. The molecular weight excluding hydrogens is 238 g/mol. The molecule has 19 heavy (non-hydrogen) atoms. The van der Waals surface area contributed by atoms with E-state index in [1.54, 1.807) is 12.4 Å². The fourth-order valence-corrected chi connectivity index (χ4v) is 2.35. The maximum absolute atomic E-state index is 6.14. The Morgan fingerprint density at radius 3 is 2.68 bits per heavy atom. The van der Waals surface area contributed by atoms with Crippen LogP contribution in [0.15, 0.2) is 24.5 Å². The standard InChI is InChI=1S/C14H15N5/c1-8-4-5-16-9(2)13(8)19-12(15)6-11-7-17-10(3)18-14(11)19/h4-7H,15H2,1-3H3. The maximum Gasteiger partial charge on any atom is 0.149 e. The highest BCUT2D eigenvalue weighted by molar-refractivity contribution is 5.83. The van der Waals surface area contributed by atoms with Gasteiger partial charge in [-0.2, -0.15) is 0 Å². The molecule has 3 rings (SSSR count). The third kappa shape index (κ3) is 1.74. The lowest BCUT2D eigenvalue weighted by atomic mass is 10.2. The Morgan fingerprint density at radius 1 is 1.16 bits per heavy atom. The van der Waals surface area contributed by atoms with E-state index in [9.17, 15) is 0 Å². The Kier molecular flexibility index (Phi) is 2.48. The van der Waals surface area contributed by atoms with Crippen LogP contribution in [0.4, 0.5) is 5.82 Å². The predicted molar refractivity (Wildman–Crippen MR) is 75.3 cm³/mol. The van der Waals surface area contributed by atoms with Gasteiger partial charge in [-0.1, -0.05) is 0 Å². The highest BCUT2D eigenvalue weighted by Gasteiger charge is 2.14. The molecule has 0 saturated carbocycles. The average molecular weight is 253 g/mol. The number of aryl methyl sites for hydroxylation is 3. The number of rotatable bonds is 1. The van der Waals surface area contributed by atoms with Gasteiger partial charge in [0, 0.05) is 17.8 Å². The van der Waals surface area contributed by atoms with Crippen LogP contribution in [-0.4, -0.2) is 19.5 Å². The van der Waals surface area contributed by atoms with E-state index in [2.05, 4.69) is 15.0 Å². The van der Waals surface area contributed by atoms with Crippen LogP contribution in [-0.2, 0) is 0 Å². The van der Waals surface area contributed by atoms with Crippen LogP contribution < -0.4 is 5.73 Å². The zero-order valence-corrected chi connectivity index (χ0v) is 11.2. The lowest BCUT2D eigenvalue weighted by Crippen LogP contribution is -2.06. The van der Waals surface area contributed by atoms with Crippen molar-refractivity contribution in [3.8, 4) is 5.69 Å². The van der Waals surface area contributed by atoms with Crippen molar-refractivity contribution in [2.24, 2.45) is 0 Å². The number of nitrogens with zero attached hydrogens (tertiary/aromatic N) is 4. The summed E-state index contributed by atoms with van der Waals surface area (Å²) >= 11 is 0. The summed E-state index contributed by atoms with van der Waals surface area (Å²) in [6.45, 7) is 5.89. The molecule has 3 heterocycles. The van der Waals surface area contributed by atoms with Crippen LogP contribution >= 0.6 is 0 Å². The van der Waals surface area contributed by atoms with Crippen molar-refractivity contribution in [2.75, 3.05) is 5.73 Å². The van der Waals surface area contributed by atoms with Crippen LogP contribution in [0.1, 0.15) is 17.1 Å². The molecule has 2 N–H and O–H groups in total. The first-order valence-electron chi connectivity index (χ1n) is 6.11. The number of pyridine rings is 1. The van der Waals surface area contributed by atoms with Gasteiger partial charge in [-0.3, -0.25) is 9.55 Å². The second-order valence-corrected chi connectivity index (χ2v) is 4.66. The van der Waals surface area contributed by atoms with Crippen molar-refractivity contribution in [3.05, 3.63) is 41.6 Å². The van der Waals surface area contributed by atoms with Gasteiger partial charge in [0.15, 0.2) is 0 Å². The maximum atomic E-state index is 6.14. The van der Waals surface area contributed by atoms with Gasteiger partial charge in [-0.25, -0.2) is 9.97 Å². The molecule has 0 bridgehead atoms. The Labute approximate surface area is 111 Å². The number of anilines is 1.